The molecule has 22 heavy (non-hydrogen) atoms. The number of piperazine rings is 1. The van der Waals surface area contributed by atoms with Crippen LogP contribution in [0.3, 0.4) is 0 Å². The van der Waals surface area contributed by atoms with E-state index in [4.69, 9.17) is 4.74 Å². The summed E-state index contributed by atoms with van der Waals surface area (Å²) in [5.41, 5.74) is 0. The first-order valence-corrected chi connectivity index (χ1v) is 8.47. The lowest BCUT2D eigenvalue weighted by Crippen LogP contribution is -2.56. The number of carbonyl (C=O) groups excluding carboxylic acids is 2. The Kier molecular flexibility index (Phi) is 4.68. The van der Waals surface area contributed by atoms with E-state index in [1.165, 1.54) is 0 Å². The highest BCUT2D eigenvalue weighted by molar-refractivity contribution is 5.82. The van der Waals surface area contributed by atoms with E-state index in [1.54, 1.807) is 0 Å². The van der Waals surface area contributed by atoms with Crippen molar-refractivity contribution in [3.05, 3.63) is 0 Å². The van der Waals surface area contributed by atoms with Crippen LogP contribution >= 0.6 is 0 Å². The molecule has 0 aromatic heterocycles. The van der Waals surface area contributed by atoms with E-state index in [0.717, 1.165) is 32.6 Å². The first kappa shape index (κ1) is 15.7. The molecular weight excluding hydrogens is 282 g/mol. The van der Waals surface area contributed by atoms with Crippen LogP contribution in [0.1, 0.15) is 20.3 Å². The third kappa shape index (κ3) is 3.27. The van der Waals surface area contributed by atoms with E-state index >= 15 is 0 Å². The van der Waals surface area contributed by atoms with Gasteiger partial charge in [-0.15, -0.1) is 0 Å². The van der Waals surface area contributed by atoms with Crippen LogP contribution in [0.15, 0.2) is 0 Å². The number of hydrogen-bond donors (Lipinski definition) is 0. The summed E-state index contributed by atoms with van der Waals surface area (Å²) in [6.07, 6.45) is 1.05. The van der Waals surface area contributed by atoms with Crippen molar-refractivity contribution in [1.29, 1.82) is 0 Å². The maximum absolute atomic E-state index is 12.5. The molecular formula is C16H27N3O3. The summed E-state index contributed by atoms with van der Waals surface area (Å²) in [6.45, 7) is 9.89. The van der Waals surface area contributed by atoms with Crippen LogP contribution in [0.25, 0.3) is 0 Å². The number of morpholine rings is 1. The van der Waals surface area contributed by atoms with Gasteiger partial charge < -0.3 is 14.5 Å². The highest BCUT2D eigenvalue weighted by Gasteiger charge is 2.42. The smallest absolute Gasteiger partial charge is 0.239 e. The van der Waals surface area contributed by atoms with Crippen LogP contribution in [0.5, 0.6) is 0 Å². The van der Waals surface area contributed by atoms with E-state index in [0.29, 0.717) is 38.1 Å². The van der Waals surface area contributed by atoms with E-state index in [2.05, 4.69) is 11.8 Å². The molecule has 0 radical (unpaired) electrons. The maximum Gasteiger partial charge on any atom is 0.239 e. The fourth-order valence-electron chi connectivity index (χ4n) is 3.43. The zero-order valence-electron chi connectivity index (χ0n) is 13.7. The number of nitrogens with zero attached hydrogens (tertiary/aromatic N) is 3. The maximum atomic E-state index is 12.5. The van der Waals surface area contributed by atoms with E-state index in [9.17, 15) is 9.59 Å². The number of hydrogen-bond acceptors (Lipinski definition) is 4. The van der Waals surface area contributed by atoms with Crippen molar-refractivity contribution in [2.24, 2.45) is 11.8 Å². The van der Waals surface area contributed by atoms with Gasteiger partial charge in [0.15, 0.2) is 0 Å². The van der Waals surface area contributed by atoms with Gasteiger partial charge in [0.2, 0.25) is 11.8 Å². The lowest BCUT2D eigenvalue weighted by atomic mass is 10.2. The Bertz CT molecular complexity index is 428. The summed E-state index contributed by atoms with van der Waals surface area (Å²) in [5.74, 6) is 1.34. The molecule has 3 fully saturated rings. The Balaban J connectivity index is 1.47. The van der Waals surface area contributed by atoms with Crippen molar-refractivity contribution < 1.29 is 14.3 Å². The molecule has 3 unspecified atom stereocenters. The topological polar surface area (TPSA) is 53.1 Å². The average Bonchev–Trinajstić information content (AvgIpc) is 3.30. The predicted octanol–water partition coefficient (Wildman–Crippen LogP) is 0.0339. The minimum absolute atomic E-state index is 0.102. The van der Waals surface area contributed by atoms with Crippen LogP contribution < -0.4 is 0 Å². The molecule has 3 rings (SSSR count). The number of carbonyl (C=O) groups is 2. The predicted molar refractivity (Wildman–Crippen MR) is 82.3 cm³/mol. The SMILES string of the molecule is CC1CC1C(=O)N1CCN(C(C)C(=O)N2CCOCC2)CC1. The number of rotatable bonds is 3. The lowest BCUT2D eigenvalue weighted by Gasteiger charge is -2.39. The van der Waals surface area contributed by atoms with Crippen LogP contribution in [0, 0.1) is 11.8 Å². The minimum atomic E-state index is -0.102. The summed E-state index contributed by atoms with van der Waals surface area (Å²) in [7, 11) is 0. The molecule has 1 aliphatic carbocycles. The fourth-order valence-corrected chi connectivity index (χ4v) is 3.43. The second-order valence-electron chi connectivity index (χ2n) is 6.79. The van der Waals surface area contributed by atoms with Gasteiger partial charge in [-0.05, 0) is 19.3 Å². The van der Waals surface area contributed by atoms with Crippen LogP contribution in [-0.4, -0.2) is 85.0 Å². The van der Waals surface area contributed by atoms with Gasteiger partial charge in [-0.2, -0.15) is 0 Å². The Labute approximate surface area is 132 Å². The molecule has 0 bridgehead atoms. The molecule has 0 N–H and O–H groups in total. The zero-order valence-corrected chi connectivity index (χ0v) is 13.7. The molecule has 0 aromatic carbocycles. The summed E-state index contributed by atoms with van der Waals surface area (Å²) >= 11 is 0. The standard InChI is InChI=1S/C16H27N3O3/c1-12-11-14(12)16(21)18-5-3-17(4-6-18)13(2)15(20)19-7-9-22-10-8-19/h12-14H,3-11H2,1-2H3. The Morgan fingerprint density at radius 2 is 1.59 bits per heavy atom. The monoisotopic (exact) mass is 309 g/mol. The first-order valence-electron chi connectivity index (χ1n) is 8.47. The van der Waals surface area contributed by atoms with Crippen molar-refractivity contribution >= 4 is 11.8 Å². The molecule has 2 heterocycles. The lowest BCUT2D eigenvalue weighted by molar-refractivity contribution is -0.142. The molecule has 6 nitrogen and oxygen atoms in total. The van der Waals surface area contributed by atoms with Gasteiger partial charge in [0.1, 0.15) is 0 Å². The van der Waals surface area contributed by atoms with Gasteiger partial charge >= 0.3 is 0 Å². The Morgan fingerprint density at radius 1 is 1.00 bits per heavy atom. The molecule has 2 aliphatic heterocycles. The van der Waals surface area contributed by atoms with E-state index in [-0.39, 0.29) is 17.9 Å². The number of amides is 2. The van der Waals surface area contributed by atoms with Crippen molar-refractivity contribution in [1.82, 2.24) is 14.7 Å². The largest absolute Gasteiger partial charge is 0.378 e. The molecule has 3 aliphatic rings. The van der Waals surface area contributed by atoms with E-state index < -0.39 is 0 Å². The highest BCUT2D eigenvalue weighted by atomic mass is 16.5. The fraction of sp³-hybridized carbons (Fsp3) is 0.875. The molecule has 3 atom stereocenters. The Hall–Kier alpha value is -1.14. The van der Waals surface area contributed by atoms with Crippen molar-refractivity contribution in [2.45, 2.75) is 26.3 Å². The normalized spacial score (nSPS) is 31.0. The van der Waals surface area contributed by atoms with Gasteiger partial charge in [-0.1, -0.05) is 6.92 Å². The summed E-state index contributed by atoms with van der Waals surface area (Å²) < 4.78 is 5.30. The summed E-state index contributed by atoms with van der Waals surface area (Å²) in [5, 5.41) is 0. The van der Waals surface area contributed by atoms with Gasteiger partial charge in [0.25, 0.3) is 0 Å². The van der Waals surface area contributed by atoms with E-state index in [1.807, 2.05) is 16.7 Å². The minimum Gasteiger partial charge on any atom is -0.378 e. The molecule has 1 saturated carbocycles. The third-order valence-electron chi connectivity index (χ3n) is 5.28. The third-order valence-corrected chi connectivity index (χ3v) is 5.28. The number of ether oxygens (including phenoxy) is 1. The van der Waals surface area contributed by atoms with Crippen molar-refractivity contribution in [3.8, 4) is 0 Å². The molecule has 0 aromatic rings. The zero-order chi connectivity index (χ0) is 15.7. The van der Waals surface area contributed by atoms with Crippen molar-refractivity contribution in [3.63, 3.8) is 0 Å². The second kappa shape index (κ2) is 6.54. The second-order valence-corrected chi connectivity index (χ2v) is 6.79. The highest BCUT2D eigenvalue weighted by Crippen LogP contribution is 2.39. The van der Waals surface area contributed by atoms with Crippen LogP contribution in [-0.2, 0) is 14.3 Å². The molecule has 6 heteroatoms. The average molecular weight is 309 g/mol. The summed E-state index contributed by atoms with van der Waals surface area (Å²) in [4.78, 5) is 30.9. The molecule has 124 valence electrons. The van der Waals surface area contributed by atoms with Gasteiger partial charge in [-0.3, -0.25) is 14.5 Å². The van der Waals surface area contributed by atoms with Gasteiger partial charge in [0, 0.05) is 45.2 Å². The van der Waals surface area contributed by atoms with Crippen molar-refractivity contribution in [2.75, 3.05) is 52.5 Å². The quantitative estimate of drug-likeness (QED) is 0.738. The van der Waals surface area contributed by atoms with Crippen LogP contribution in [0.2, 0.25) is 0 Å². The Morgan fingerprint density at radius 3 is 2.14 bits per heavy atom. The van der Waals surface area contributed by atoms with Crippen LogP contribution in [0.4, 0.5) is 0 Å². The summed E-state index contributed by atoms with van der Waals surface area (Å²) in [6, 6.07) is -0.102. The first-order chi connectivity index (χ1) is 10.6. The van der Waals surface area contributed by atoms with Gasteiger partial charge in [-0.25, -0.2) is 0 Å². The molecule has 2 amide bonds. The van der Waals surface area contributed by atoms with Gasteiger partial charge in [0.05, 0.1) is 19.3 Å². The molecule has 0 spiro atoms. The molecule has 2 saturated heterocycles.